The van der Waals surface area contributed by atoms with Crippen LogP contribution in [0.25, 0.3) is 10.2 Å². The summed E-state index contributed by atoms with van der Waals surface area (Å²) in [5.74, 6) is 0.881. The molecule has 1 saturated heterocycles. The van der Waals surface area contributed by atoms with Gasteiger partial charge in [-0.05, 0) is 62.9 Å². The molecule has 0 aliphatic carbocycles. The maximum atomic E-state index is 13.2. The first-order valence-corrected chi connectivity index (χ1v) is 12.3. The molecule has 0 saturated carbocycles. The molecule has 4 rings (SSSR count). The van der Waals surface area contributed by atoms with Crippen molar-refractivity contribution >= 4 is 44.4 Å². The van der Waals surface area contributed by atoms with Crippen molar-refractivity contribution in [2.75, 3.05) is 23.8 Å². The summed E-state index contributed by atoms with van der Waals surface area (Å²) < 4.78 is 6.97. The minimum atomic E-state index is 0.105. The van der Waals surface area contributed by atoms with E-state index in [-0.39, 0.29) is 12.0 Å². The summed E-state index contributed by atoms with van der Waals surface area (Å²) in [6.07, 6.45) is 2.66. The average molecular weight is 441 g/mol. The molecular formula is C24H28N2O2S2. The van der Waals surface area contributed by atoms with Gasteiger partial charge >= 0.3 is 0 Å². The van der Waals surface area contributed by atoms with Crippen molar-refractivity contribution < 1.29 is 9.53 Å². The molecule has 4 nitrogen and oxygen atoms in total. The zero-order valence-electron chi connectivity index (χ0n) is 17.8. The van der Waals surface area contributed by atoms with Gasteiger partial charge in [-0.3, -0.25) is 9.69 Å². The zero-order valence-corrected chi connectivity index (χ0v) is 19.4. The minimum absolute atomic E-state index is 0.105. The van der Waals surface area contributed by atoms with Crippen molar-refractivity contribution in [3.63, 3.8) is 0 Å². The summed E-state index contributed by atoms with van der Waals surface area (Å²) in [6, 6.07) is 12.7. The number of hydrogen-bond donors (Lipinski definition) is 0. The van der Waals surface area contributed by atoms with Crippen LogP contribution in [0.2, 0.25) is 0 Å². The summed E-state index contributed by atoms with van der Waals surface area (Å²) in [4.78, 5) is 21.2. The van der Waals surface area contributed by atoms with Gasteiger partial charge in [0.05, 0.1) is 22.9 Å². The second kappa shape index (κ2) is 9.50. The van der Waals surface area contributed by atoms with E-state index in [1.54, 1.807) is 23.1 Å². The number of fused-ring (bicyclic) bond motifs is 1. The molecule has 1 aliphatic rings. The molecule has 1 unspecified atom stereocenters. The molecule has 0 spiro atoms. The van der Waals surface area contributed by atoms with Crippen LogP contribution in [0, 0.1) is 20.8 Å². The van der Waals surface area contributed by atoms with Crippen LogP contribution < -0.4 is 4.90 Å². The van der Waals surface area contributed by atoms with Gasteiger partial charge in [-0.15, -0.1) is 11.8 Å². The number of amides is 1. The molecule has 6 heteroatoms. The Morgan fingerprint density at radius 2 is 2.00 bits per heavy atom. The first kappa shape index (κ1) is 21.3. The molecule has 30 heavy (non-hydrogen) atoms. The Morgan fingerprint density at radius 1 is 1.20 bits per heavy atom. The molecule has 1 atom stereocenters. The Morgan fingerprint density at radius 3 is 2.73 bits per heavy atom. The van der Waals surface area contributed by atoms with Crippen LogP contribution in [0.1, 0.15) is 36.0 Å². The fourth-order valence-electron chi connectivity index (χ4n) is 3.63. The lowest BCUT2D eigenvalue weighted by molar-refractivity contribution is -0.118. The molecule has 2 aromatic carbocycles. The fraction of sp³-hybridized carbons (Fsp3) is 0.417. The van der Waals surface area contributed by atoms with E-state index >= 15 is 0 Å². The number of anilines is 1. The molecule has 1 aromatic heterocycles. The van der Waals surface area contributed by atoms with E-state index in [1.807, 2.05) is 4.90 Å². The summed E-state index contributed by atoms with van der Waals surface area (Å²) in [5, 5.41) is 0.791. The molecule has 1 aliphatic heterocycles. The number of rotatable bonds is 7. The van der Waals surface area contributed by atoms with Crippen LogP contribution in [0.15, 0.2) is 41.3 Å². The highest BCUT2D eigenvalue weighted by atomic mass is 32.2. The van der Waals surface area contributed by atoms with Crippen LogP contribution in [-0.2, 0) is 9.53 Å². The molecule has 3 aromatic rings. The van der Waals surface area contributed by atoms with E-state index < -0.39 is 0 Å². The first-order chi connectivity index (χ1) is 14.5. The summed E-state index contributed by atoms with van der Waals surface area (Å²) in [7, 11) is 0. The molecule has 2 heterocycles. The van der Waals surface area contributed by atoms with Gasteiger partial charge in [-0.2, -0.15) is 0 Å². The van der Waals surface area contributed by atoms with Gasteiger partial charge in [0.2, 0.25) is 5.91 Å². The van der Waals surface area contributed by atoms with Crippen LogP contribution in [0.4, 0.5) is 5.13 Å². The van der Waals surface area contributed by atoms with E-state index in [0.717, 1.165) is 40.5 Å². The summed E-state index contributed by atoms with van der Waals surface area (Å²) in [6.45, 7) is 7.67. The molecule has 0 radical (unpaired) electrons. The Bertz CT molecular complexity index is 1020. The highest BCUT2D eigenvalue weighted by Gasteiger charge is 2.26. The van der Waals surface area contributed by atoms with Crippen LogP contribution >= 0.6 is 23.1 Å². The van der Waals surface area contributed by atoms with Crippen LogP contribution in [0.5, 0.6) is 0 Å². The first-order valence-electron chi connectivity index (χ1n) is 10.5. The third kappa shape index (κ3) is 4.88. The molecule has 1 fully saturated rings. The highest BCUT2D eigenvalue weighted by molar-refractivity contribution is 7.99. The predicted molar refractivity (Wildman–Crippen MR) is 127 cm³/mol. The lowest BCUT2D eigenvalue weighted by atomic mass is 10.1. The van der Waals surface area contributed by atoms with E-state index in [4.69, 9.17) is 9.72 Å². The normalized spacial score (nSPS) is 16.3. The summed E-state index contributed by atoms with van der Waals surface area (Å²) in [5.41, 5.74) is 4.67. The van der Waals surface area contributed by atoms with E-state index in [2.05, 4.69) is 57.2 Å². The number of carbonyl (C=O) groups is 1. The van der Waals surface area contributed by atoms with Gasteiger partial charge < -0.3 is 4.74 Å². The Hall–Kier alpha value is -1.89. The minimum Gasteiger partial charge on any atom is -0.376 e. The number of ether oxygens (including phenoxy) is 1. The molecule has 0 N–H and O–H groups in total. The van der Waals surface area contributed by atoms with Crippen molar-refractivity contribution in [2.24, 2.45) is 0 Å². The molecule has 158 valence electrons. The van der Waals surface area contributed by atoms with Gasteiger partial charge in [0, 0.05) is 23.7 Å². The SMILES string of the molecule is Cc1ccc(SCCC(=O)N(CC2CCCO2)c2nc3c(C)c(C)ccc3s2)cc1. The quantitative estimate of drug-likeness (QED) is 0.428. The van der Waals surface area contributed by atoms with Gasteiger partial charge in [0.1, 0.15) is 0 Å². The lowest BCUT2D eigenvalue weighted by Crippen LogP contribution is -2.37. The van der Waals surface area contributed by atoms with E-state index in [9.17, 15) is 4.79 Å². The van der Waals surface area contributed by atoms with Crippen molar-refractivity contribution in [1.29, 1.82) is 0 Å². The van der Waals surface area contributed by atoms with Crippen molar-refractivity contribution in [3.8, 4) is 0 Å². The van der Waals surface area contributed by atoms with E-state index in [1.165, 1.54) is 21.6 Å². The van der Waals surface area contributed by atoms with Crippen LogP contribution in [-0.4, -0.2) is 35.9 Å². The smallest absolute Gasteiger partial charge is 0.229 e. The Kier molecular flexibility index (Phi) is 6.76. The third-order valence-electron chi connectivity index (χ3n) is 5.62. The summed E-state index contributed by atoms with van der Waals surface area (Å²) >= 11 is 3.33. The number of thioether (sulfide) groups is 1. The fourth-order valence-corrected chi connectivity index (χ4v) is 5.53. The number of hydrogen-bond acceptors (Lipinski definition) is 5. The number of thiazole rings is 1. The monoisotopic (exact) mass is 440 g/mol. The zero-order chi connectivity index (χ0) is 21.1. The van der Waals surface area contributed by atoms with E-state index in [0.29, 0.717) is 13.0 Å². The maximum Gasteiger partial charge on any atom is 0.229 e. The second-order valence-corrected chi connectivity index (χ2v) is 10.1. The van der Waals surface area contributed by atoms with Gasteiger partial charge in [0.25, 0.3) is 0 Å². The van der Waals surface area contributed by atoms with Gasteiger partial charge in [-0.25, -0.2) is 4.98 Å². The second-order valence-electron chi connectivity index (χ2n) is 7.90. The molecular weight excluding hydrogens is 412 g/mol. The average Bonchev–Trinajstić information content (AvgIpc) is 3.40. The number of aryl methyl sites for hydroxylation is 3. The number of nitrogens with zero attached hydrogens (tertiary/aromatic N) is 2. The van der Waals surface area contributed by atoms with Crippen LogP contribution in [0.3, 0.4) is 0 Å². The number of benzene rings is 2. The predicted octanol–water partition coefficient (Wildman–Crippen LogP) is 5.92. The standard InChI is InChI=1S/C24H28N2O2S2/c1-16-6-9-20(10-7-16)29-14-12-22(27)26(15-19-5-4-13-28-19)24-25-23-18(3)17(2)8-11-21(23)30-24/h6-11,19H,4-5,12-15H2,1-3H3. The number of aromatic nitrogens is 1. The highest BCUT2D eigenvalue weighted by Crippen LogP contribution is 2.33. The lowest BCUT2D eigenvalue weighted by Gasteiger charge is -2.23. The maximum absolute atomic E-state index is 13.2. The van der Waals surface area contributed by atoms with Crippen molar-refractivity contribution in [2.45, 2.75) is 51.0 Å². The van der Waals surface area contributed by atoms with Gasteiger partial charge in [0.15, 0.2) is 5.13 Å². The third-order valence-corrected chi connectivity index (χ3v) is 7.68. The van der Waals surface area contributed by atoms with Crippen molar-refractivity contribution in [3.05, 3.63) is 53.1 Å². The molecule has 1 amide bonds. The Labute approximate surface area is 186 Å². The largest absolute Gasteiger partial charge is 0.376 e. The molecule has 0 bridgehead atoms. The van der Waals surface area contributed by atoms with Crippen molar-refractivity contribution in [1.82, 2.24) is 4.98 Å². The van der Waals surface area contributed by atoms with Gasteiger partial charge in [-0.1, -0.05) is 35.1 Å². The Balaban J connectivity index is 1.50. The topological polar surface area (TPSA) is 42.4 Å². The number of carbonyl (C=O) groups excluding carboxylic acids is 1.